The van der Waals surface area contributed by atoms with E-state index in [1.165, 1.54) is 10.3 Å². The Labute approximate surface area is 141 Å². The average molecular weight is 331 g/mol. The number of nitrogens with zero attached hydrogens (tertiary/aromatic N) is 2. The fourth-order valence-electron chi connectivity index (χ4n) is 3.02. The molecule has 0 saturated carbocycles. The van der Waals surface area contributed by atoms with Crippen molar-refractivity contribution in [2.75, 3.05) is 24.5 Å². The number of aryl methyl sites for hydroxylation is 1. The molecule has 2 aromatic rings. The molecule has 1 fully saturated rings. The number of piperidine rings is 1. The van der Waals surface area contributed by atoms with Crippen LogP contribution in [0.25, 0.3) is 10.2 Å². The number of anilines is 1. The third kappa shape index (κ3) is 3.83. The minimum atomic E-state index is 0.166. The Balaban J connectivity index is 1.58. The molecular weight excluding hydrogens is 306 g/mol. The summed E-state index contributed by atoms with van der Waals surface area (Å²) in [6, 6.07) is 6.40. The van der Waals surface area contributed by atoms with Crippen LogP contribution in [0.5, 0.6) is 0 Å². The largest absolute Gasteiger partial charge is 0.356 e. The Hall–Kier alpha value is -1.62. The van der Waals surface area contributed by atoms with Gasteiger partial charge in [-0.05, 0) is 43.9 Å². The third-order valence-corrected chi connectivity index (χ3v) is 5.58. The first-order valence-electron chi connectivity index (χ1n) is 8.57. The summed E-state index contributed by atoms with van der Waals surface area (Å²) in [7, 11) is 0. The molecule has 1 aliphatic rings. The fraction of sp³-hybridized carbons (Fsp3) is 0.556. The number of nitrogens with one attached hydrogen (secondary N) is 1. The van der Waals surface area contributed by atoms with Crippen LogP contribution < -0.4 is 10.2 Å². The van der Waals surface area contributed by atoms with E-state index in [2.05, 4.69) is 42.3 Å². The highest BCUT2D eigenvalue weighted by molar-refractivity contribution is 7.22. The van der Waals surface area contributed by atoms with Gasteiger partial charge in [-0.2, -0.15) is 0 Å². The van der Waals surface area contributed by atoms with Crippen LogP contribution in [0.3, 0.4) is 0 Å². The lowest BCUT2D eigenvalue weighted by Gasteiger charge is -2.31. The van der Waals surface area contributed by atoms with Crippen molar-refractivity contribution in [1.82, 2.24) is 10.3 Å². The zero-order chi connectivity index (χ0) is 16.2. The molecule has 0 atom stereocenters. The first kappa shape index (κ1) is 16.2. The summed E-state index contributed by atoms with van der Waals surface area (Å²) in [5, 5.41) is 4.16. The quantitative estimate of drug-likeness (QED) is 0.849. The number of amides is 1. The maximum absolute atomic E-state index is 12.2. The van der Waals surface area contributed by atoms with Crippen molar-refractivity contribution in [1.29, 1.82) is 0 Å². The van der Waals surface area contributed by atoms with Crippen LogP contribution in [-0.4, -0.2) is 30.5 Å². The topological polar surface area (TPSA) is 45.2 Å². The second-order valence-electron chi connectivity index (χ2n) is 6.37. The first-order valence-corrected chi connectivity index (χ1v) is 9.39. The highest BCUT2D eigenvalue weighted by Crippen LogP contribution is 2.32. The van der Waals surface area contributed by atoms with Gasteiger partial charge >= 0.3 is 0 Å². The second kappa shape index (κ2) is 7.30. The molecule has 1 aliphatic heterocycles. The minimum Gasteiger partial charge on any atom is -0.356 e. The molecule has 1 amide bonds. The second-order valence-corrected chi connectivity index (χ2v) is 7.38. The summed E-state index contributed by atoms with van der Waals surface area (Å²) in [5.41, 5.74) is 2.35. The zero-order valence-electron chi connectivity index (χ0n) is 14.0. The highest BCUT2D eigenvalue weighted by atomic mass is 32.1. The lowest BCUT2D eigenvalue weighted by molar-refractivity contribution is -0.125. The summed E-state index contributed by atoms with van der Waals surface area (Å²) in [5.74, 6) is 0.401. The Morgan fingerprint density at radius 1 is 1.39 bits per heavy atom. The Morgan fingerprint density at radius 3 is 2.91 bits per heavy atom. The van der Waals surface area contributed by atoms with E-state index in [1.807, 2.05) is 0 Å². The van der Waals surface area contributed by atoms with Gasteiger partial charge in [0.2, 0.25) is 5.91 Å². The molecular formula is C18H25N3OS. The van der Waals surface area contributed by atoms with Gasteiger partial charge in [-0.25, -0.2) is 4.98 Å². The van der Waals surface area contributed by atoms with E-state index < -0.39 is 0 Å². The number of thiazole rings is 1. The van der Waals surface area contributed by atoms with Crippen LogP contribution >= 0.6 is 11.3 Å². The van der Waals surface area contributed by atoms with Crippen molar-refractivity contribution in [2.45, 2.75) is 39.5 Å². The predicted octanol–water partition coefficient (Wildman–Crippen LogP) is 3.74. The number of carbonyl (C=O) groups excluding carboxylic acids is 1. The van der Waals surface area contributed by atoms with Crippen LogP contribution in [0, 0.1) is 12.8 Å². The van der Waals surface area contributed by atoms with Gasteiger partial charge in [0.1, 0.15) is 0 Å². The standard InChI is InChI=1S/C18H25N3OS/c1-3-4-9-19-17(22)14-7-10-21(11-8-14)18-20-15-6-5-13(2)12-16(15)23-18/h5-6,12,14H,3-4,7-11H2,1-2H3,(H,19,22). The van der Waals surface area contributed by atoms with Gasteiger partial charge in [0.05, 0.1) is 10.2 Å². The van der Waals surface area contributed by atoms with Gasteiger partial charge in [-0.3, -0.25) is 4.79 Å². The van der Waals surface area contributed by atoms with Crippen molar-refractivity contribution in [3.63, 3.8) is 0 Å². The summed E-state index contributed by atoms with van der Waals surface area (Å²) < 4.78 is 1.25. The van der Waals surface area contributed by atoms with Crippen LogP contribution in [-0.2, 0) is 4.79 Å². The Kier molecular flexibility index (Phi) is 5.16. The average Bonchev–Trinajstić information content (AvgIpc) is 2.98. The molecule has 3 rings (SSSR count). The molecule has 0 radical (unpaired) electrons. The van der Waals surface area contributed by atoms with Crippen molar-refractivity contribution in [3.8, 4) is 0 Å². The lowest BCUT2D eigenvalue weighted by Crippen LogP contribution is -2.40. The highest BCUT2D eigenvalue weighted by Gasteiger charge is 2.26. The molecule has 124 valence electrons. The number of aromatic nitrogens is 1. The summed E-state index contributed by atoms with van der Waals surface area (Å²) in [6.45, 7) is 6.91. The number of rotatable bonds is 5. The van der Waals surface area contributed by atoms with E-state index in [4.69, 9.17) is 4.98 Å². The summed E-state index contributed by atoms with van der Waals surface area (Å²) >= 11 is 1.76. The monoisotopic (exact) mass is 331 g/mol. The van der Waals surface area contributed by atoms with Gasteiger partial charge < -0.3 is 10.2 Å². The molecule has 1 N–H and O–H groups in total. The summed E-state index contributed by atoms with van der Waals surface area (Å²) in [4.78, 5) is 19.2. The van der Waals surface area contributed by atoms with E-state index in [0.29, 0.717) is 0 Å². The van der Waals surface area contributed by atoms with Crippen molar-refractivity contribution in [3.05, 3.63) is 23.8 Å². The minimum absolute atomic E-state index is 0.166. The molecule has 0 bridgehead atoms. The van der Waals surface area contributed by atoms with Gasteiger partial charge in [0.15, 0.2) is 5.13 Å². The van der Waals surface area contributed by atoms with Gasteiger partial charge in [0, 0.05) is 25.6 Å². The summed E-state index contributed by atoms with van der Waals surface area (Å²) in [6.07, 6.45) is 4.03. The van der Waals surface area contributed by atoms with Crippen LogP contribution in [0.15, 0.2) is 18.2 Å². The molecule has 0 unspecified atom stereocenters. The van der Waals surface area contributed by atoms with Crippen molar-refractivity contribution in [2.24, 2.45) is 5.92 Å². The third-order valence-electron chi connectivity index (χ3n) is 4.50. The van der Waals surface area contributed by atoms with E-state index in [0.717, 1.165) is 56.0 Å². The molecule has 1 aromatic heterocycles. The molecule has 0 spiro atoms. The van der Waals surface area contributed by atoms with Gasteiger partial charge in [0.25, 0.3) is 0 Å². The molecule has 23 heavy (non-hydrogen) atoms. The molecule has 1 saturated heterocycles. The maximum atomic E-state index is 12.2. The number of fused-ring (bicyclic) bond motifs is 1. The first-order chi connectivity index (χ1) is 11.2. The molecule has 2 heterocycles. The number of benzene rings is 1. The molecule has 5 heteroatoms. The van der Waals surface area contributed by atoms with Crippen molar-refractivity contribution >= 4 is 32.6 Å². The smallest absolute Gasteiger partial charge is 0.223 e. The van der Waals surface area contributed by atoms with Crippen LogP contribution in [0.4, 0.5) is 5.13 Å². The Morgan fingerprint density at radius 2 is 2.17 bits per heavy atom. The zero-order valence-corrected chi connectivity index (χ0v) is 14.8. The van der Waals surface area contributed by atoms with Gasteiger partial charge in [-0.15, -0.1) is 0 Å². The molecule has 0 aliphatic carbocycles. The van der Waals surface area contributed by atoms with E-state index in [9.17, 15) is 4.79 Å². The maximum Gasteiger partial charge on any atom is 0.223 e. The predicted molar refractivity (Wildman–Crippen MR) is 97.2 cm³/mol. The molecule has 4 nitrogen and oxygen atoms in total. The van der Waals surface area contributed by atoms with Crippen LogP contribution in [0.1, 0.15) is 38.2 Å². The van der Waals surface area contributed by atoms with E-state index in [-0.39, 0.29) is 11.8 Å². The van der Waals surface area contributed by atoms with Gasteiger partial charge in [-0.1, -0.05) is 30.7 Å². The number of carbonyl (C=O) groups is 1. The molecule has 1 aromatic carbocycles. The Bertz CT molecular complexity index is 674. The SMILES string of the molecule is CCCCNC(=O)C1CCN(c2nc3ccc(C)cc3s2)CC1. The van der Waals surface area contributed by atoms with Crippen LogP contribution in [0.2, 0.25) is 0 Å². The van der Waals surface area contributed by atoms with E-state index in [1.54, 1.807) is 11.3 Å². The normalized spacial score (nSPS) is 16.0. The van der Waals surface area contributed by atoms with Crippen molar-refractivity contribution < 1.29 is 4.79 Å². The number of hydrogen-bond donors (Lipinski definition) is 1. The van der Waals surface area contributed by atoms with E-state index >= 15 is 0 Å². The number of hydrogen-bond acceptors (Lipinski definition) is 4. The number of unbranched alkanes of at least 4 members (excludes halogenated alkanes) is 1. The fourth-order valence-corrected chi connectivity index (χ4v) is 4.14. The lowest BCUT2D eigenvalue weighted by atomic mass is 9.96.